The van der Waals surface area contributed by atoms with E-state index in [0.717, 1.165) is 31.7 Å². The SMILES string of the molecule is CC(O)CNC(=O)c1ccc(N(C)C(CN2CCC(Cl)C2)c2ccccc2)cc1. The molecule has 6 heteroatoms. The average molecular weight is 416 g/mol. The summed E-state index contributed by atoms with van der Waals surface area (Å²) < 4.78 is 0. The molecule has 0 saturated carbocycles. The normalized spacial score (nSPS) is 19.0. The second-order valence-electron chi connectivity index (χ2n) is 7.79. The lowest BCUT2D eigenvalue weighted by molar-refractivity contribution is 0.0924. The van der Waals surface area contributed by atoms with E-state index in [2.05, 4.69) is 46.4 Å². The minimum atomic E-state index is -0.561. The molecule has 3 rings (SSSR count). The zero-order valence-electron chi connectivity index (χ0n) is 17.1. The third-order valence-corrected chi connectivity index (χ3v) is 5.75. The molecule has 1 heterocycles. The van der Waals surface area contributed by atoms with Gasteiger partial charge in [0.15, 0.2) is 0 Å². The van der Waals surface area contributed by atoms with Gasteiger partial charge in [0, 0.05) is 43.3 Å². The molecule has 1 aliphatic heterocycles. The van der Waals surface area contributed by atoms with Gasteiger partial charge in [-0.1, -0.05) is 30.3 Å². The van der Waals surface area contributed by atoms with Crippen LogP contribution in [0.2, 0.25) is 0 Å². The van der Waals surface area contributed by atoms with Gasteiger partial charge in [-0.25, -0.2) is 0 Å². The summed E-state index contributed by atoms with van der Waals surface area (Å²) in [4.78, 5) is 16.9. The number of likely N-dealkylation sites (tertiary alicyclic amines) is 1. The molecule has 5 nitrogen and oxygen atoms in total. The second kappa shape index (κ2) is 10.1. The lowest BCUT2D eigenvalue weighted by Crippen LogP contribution is -2.35. The topological polar surface area (TPSA) is 55.8 Å². The van der Waals surface area contributed by atoms with E-state index in [0.29, 0.717) is 5.56 Å². The monoisotopic (exact) mass is 415 g/mol. The Balaban J connectivity index is 1.74. The van der Waals surface area contributed by atoms with Crippen LogP contribution in [0.3, 0.4) is 0 Å². The Bertz CT molecular complexity index is 782. The summed E-state index contributed by atoms with van der Waals surface area (Å²) in [5, 5.41) is 12.3. The quantitative estimate of drug-likeness (QED) is 0.649. The van der Waals surface area contributed by atoms with Crippen LogP contribution in [0.15, 0.2) is 54.6 Å². The molecule has 1 amide bonds. The van der Waals surface area contributed by atoms with Crippen molar-refractivity contribution in [3.63, 3.8) is 0 Å². The van der Waals surface area contributed by atoms with E-state index in [1.807, 2.05) is 30.3 Å². The summed E-state index contributed by atoms with van der Waals surface area (Å²) in [6.07, 6.45) is 0.470. The Morgan fingerprint density at radius 1 is 1.24 bits per heavy atom. The number of rotatable bonds is 8. The van der Waals surface area contributed by atoms with Crippen molar-refractivity contribution in [1.82, 2.24) is 10.2 Å². The van der Waals surface area contributed by atoms with Crippen LogP contribution in [0.25, 0.3) is 0 Å². The van der Waals surface area contributed by atoms with E-state index < -0.39 is 6.10 Å². The van der Waals surface area contributed by atoms with Crippen LogP contribution in [-0.2, 0) is 0 Å². The molecule has 0 aliphatic carbocycles. The highest BCUT2D eigenvalue weighted by molar-refractivity contribution is 6.20. The third-order valence-electron chi connectivity index (χ3n) is 5.39. The molecule has 0 radical (unpaired) electrons. The van der Waals surface area contributed by atoms with E-state index in [4.69, 9.17) is 11.6 Å². The van der Waals surface area contributed by atoms with Gasteiger partial charge >= 0.3 is 0 Å². The summed E-state index contributed by atoms with van der Waals surface area (Å²) in [7, 11) is 2.09. The van der Waals surface area contributed by atoms with Crippen molar-refractivity contribution in [2.45, 2.75) is 30.9 Å². The molecule has 1 saturated heterocycles. The van der Waals surface area contributed by atoms with Gasteiger partial charge in [-0.3, -0.25) is 9.69 Å². The van der Waals surface area contributed by atoms with E-state index in [1.54, 1.807) is 6.92 Å². The number of anilines is 1. The predicted molar refractivity (Wildman–Crippen MR) is 119 cm³/mol. The number of hydrogen-bond donors (Lipinski definition) is 2. The van der Waals surface area contributed by atoms with Crippen molar-refractivity contribution < 1.29 is 9.90 Å². The zero-order chi connectivity index (χ0) is 20.8. The highest BCUT2D eigenvalue weighted by Crippen LogP contribution is 2.28. The fourth-order valence-electron chi connectivity index (χ4n) is 3.69. The Kier molecular flexibility index (Phi) is 7.53. The fourth-order valence-corrected chi connectivity index (χ4v) is 3.99. The summed E-state index contributed by atoms with van der Waals surface area (Å²) in [6, 6.07) is 18.3. The maximum Gasteiger partial charge on any atom is 0.251 e. The van der Waals surface area contributed by atoms with Crippen molar-refractivity contribution >= 4 is 23.2 Å². The summed E-state index contributed by atoms with van der Waals surface area (Å²) in [5.41, 5.74) is 2.89. The van der Waals surface area contributed by atoms with Gasteiger partial charge in [-0.05, 0) is 49.7 Å². The number of nitrogens with zero attached hydrogens (tertiary/aromatic N) is 2. The van der Waals surface area contributed by atoms with E-state index in [9.17, 15) is 9.90 Å². The molecular formula is C23H30ClN3O2. The average Bonchev–Trinajstić information content (AvgIpc) is 3.15. The van der Waals surface area contributed by atoms with Crippen LogP contribution in [0, 0.1) is 0 Å². The standard InChI is InChI=1S/C23H30ClN3O2/c1-17(28)14-25-23(29)19-8-10-21(11-9-19)26(2)22(18-6-4-3-5-7-18)16-27-13-12-20(24)15-27/h3-11,17,20,22,28H,12-16H2,1-2H3,(H,25,29). The Labute approximate surface area is 178 Å². The first kappa shape index (κ1) is 21.6. The highest BCUT2D eigenvalue weighted by Gasteiger charge is 2.26. The smallest absolute Gasteiger partial charge is 0.251 e. The molecule has 0 aromatic heterocycles. The van der Waals surface area contributed by atoms with Gasteiger partial charge < -0.3 is 15.3 Å². The number of aliphatic hydroxyl groups excluding tert-OH is 1. The summed E-state index contributed by atoms with van der Waals surface area (Å²) in [6.45, 7) is 4.73. The van der Waals surface area contributed by atoms with Gasteiger partial charge in [0.05, 0.1) is 12.1 Å². The number of carbonyl (C=O) groups excluding carboxylic acids is 1. The molecule has 0 spiro atoms. The number of nitrogens with one attached hydrogen (secondary N) is 1. The minimum Gasteiger partial charge on any atom is -0.392 e. The Hall–Kier alpha value is -2.08. The first-order chi connectivity index (χ1) is 13.9. The van der Waals surface area contributed by atoms with Gasteiger partial charge in [0.25, 0.3) is 5.91 Å². The molecule has 2 aromatic rings. The number of carbonyl (C=O) groups is 1. The van der Waals surface area contributed by atoms with Crippen LogP contribution in [0.5, 0.6) is 0 Å². The van der Waals surface area contributed by atoms with E-state index in [-0.39, 0.29) is 23.9 Å². The summed E-state index contributed by atoms with van der Waals surface area (Å²) >= 11 is 6.32. The van der Waals surface area contributed by atoms with Crippen LogP contribution in [-0.4, -0.2) is 60.6 Å². The molecule has 3 atom stereocenters. The predicted octanol–water partition coefficient (Wildman–Crippen LogP) is 3.29. The third kappa shape index (κ3) is 5.95. The van der Waals surface area contributed by atoms with Crippen LogP contribution >= 0.6 is 11.6 Å². The number of alkyl halides is 1. The van der Waals surface area contributed by atoms with E-state index in [1.165, 1.54) is 5.56 Å². The molecule has 1 aliphatic rings. The van der Waals surface area contributed by atoms with Crippen molar-refractivity contribution in [1.29, 1.82) is 0 Å². The molecule has 3 unspecified atom stereocenters. The minimum absolute atomic E-state index is 0.176. The fraction of sp³-hybridized carbons (Fsp3) is 0.435. The molecular weight excluding hydrogens is 386 g/mol. The van der Waals surface area contributed by atoms with Crippen LogP contribution in [0.1, 0.15) is 35.3 Å². The first-order valence-corrected chi connectivity index (χ1v) is 10.6. The molecule has 2 aromatic carbocycles. The number of aliphatic hydroxyl groups is 1. The maximum absolute atomic E-state index is 12.2. The Morgan fingerprint density at radius 2 is 1.93 bits per heavy atom. The molecule has 29 heavy (non-hydrogen) atoms. The summed E-state index contributed by atoms with van der Waals surface area (Å²) in [5.74, 6) is -0.176. The number of likely N-dealkylation sites (N-methyl/N-ethyl adjacent to an activating group) is 1. The molecule has 0 bridgehead atoms. The molecule has 156 valence electrons. The maximum atomic E-state index is 12.2. The largest absolute Gasteiger partial charge is 0.392 e. The first-order valence-electron chi connectivity index (χ1n) is 10.1. The number of benzene rings is 2. The molecule has 1 fully saturated rings. The van der Waals surface area contributed by atoms with Crippen molar-refractivity contribution in [2.24, 2.45) is 0 Å². The second-order valence-corrected chi connectivity index (χ2v) is 8.41. The number of halogens is 1. The highest BCUT2D eigenvalue weighted by atomic mass is 35.5. The van der Waals surface area contributed by atoms with Crippen molar-refractivity contribution in [2.75, 3.05) is 38.1 Å². The Morgan fingerprint density at radius 3 is 2.52 bits per heavy atom. The number of amides is 1. The van der Waals surface area contributed by atoms with Gasteiger partial charge in [-0.2, -0.15) is 0 Å². The van der Waals surface area contributed by atoms with Crippen molar-refractivity contribution in [3.8, 4) is 0 Å². The number of hydrogen-bond acceptors (Lipinski definition) is 4. The van der Waals surface area contributed by atoms with Gasteiger partial charge in [-0.15, -0.1) is 11.6 Å². The van der Waals surface area contributed by atoms with Gasteiger partial charge in [0.1, 0.15) is 0 Å². The van der Waals surface area contributed by atoms with Crippen molar-refractivity contribution in [3.05, 3.63) is 65.7 Å². The van der Waals surface area contributed by atoms with Gasteiger partial charge in [0.2, 0.25) is 0 Å². The molecule has 2 N–H and O–H groups in total. The van der Waals surface area contributed by atoms with Crippen LogP contribution in [0.4, 0.5) is 5.69 Å². The van der Waals surface area contributed by atoms with Crippen LogP contribution < -0.4 is 10.2 Å². The zero-order valence-corrected chi connectivity index (χ0v) is 17.8. The lowest BCUT2D eigenvalue weighted by Gasteiger charge is -2.33. The van der Waals surface area contributed by atoms with E-state index >= 15 is 0 Å². The lowest BCUT2D eigenvalue weighted by atomic mass is 10.0.